The average molecular weight is 375 g/mol. The molecule has 0 spiro atoms. The average Bonchev–Trinajstić information content (AvgIpc) is 2.73. The first-order valence-electron chi connectivity index (χ1n) is 9.38. The fourth-order valence-electron chi connectivity index (χ4n) is 2.80. The zero-order chi connectivity index (χ0) is 19.8. The molecule has 1 heterocycles. The molecule has 0 atom stereocenters. The summed E-state index contributed by atoms with van der Waals surface area (Å²) in [7, 11) is 0. The molecule has 28 heavy (non-hydrogen) atoms. The van der Waals surface area contributed by atoms with Gasteiger partial charge in [0.15, 0.2) is 6.61 Å². The standard InChI is InChI=1S/C23H25N3O2/c1-3-26(16-19-7-5-4-6-8-19)20-11-14-22(24-15-20)25-23(27)17-28-21-12-9-18(2)10-13-21/h4-15H,3,16-17H2,1-2H3,(H,24,25,27). The third-order valence-corrected chi connectivity index (χ3v) is 4.37. The number of ether oxygens (including phenoxy) is 1. The van der Waals surface area contributed by atoms with E-state index in [1.165, 1.54) is 5.56 Å². The summed E-state index contributed by atoms with van der Waals surface area (Å²) in [6.45, 7) is 5.75. The Morgan fingerprint density at radius 3 is 2.43 bits per heavy atom. The van der Waals surface area contributed by atoms with Crippen LogP contribution >= 0.6 is 0 Å². The van der Waals surface area contributed by atoms with Crippen LogP contribution in [0.1, 0.15) is 18.1 Å². The Labute approximate surface area is 166 Å². The van der Waals surface area contributed by atoms with Crippen molar-refractivity contribution in [3.8, 4) is 5.75 Å². The lowest BCUT2D eigenvalue weighted by molar-refractivity contribution is -0.118. The Hall–Kier alpha value is -3.34. The molecule has 2 aromatic carbocycles. The molecule has 1 N–H and O–H groups in total. The number of amides is 1. The van der Waals surface area contributed by atoms with E-state index in [1.54, 1.807) is 6.20 Å². The summed E-state index contributed by atoms with van der Waals surface area (Å²) >= 11 is 0. The monoisotopic (exact) mass is 375 g/mol. The molecule has 0 bridgehead atoms. The van der Waals surface area contributed by atoms with Gasteiger partial charge in [-0.2, -0.15) is 0 Å². The molecular formula is C23H25N3O2. The Bertz CT molecular complexity index is 878. The SMILES string of the molecule is CCN(Cc1ccccc1)c1ccc(NC(=O)COc2ccc(C)cc2)nc1. The second-order valence-electron chi connectivity index (χ2n) is 6.55. The summed E-state index contributed by atoms with van der Waals surface area (Å²) in [5, 5.41) is 2.76. The third kappa shape index (κ3) is 5.58. The van der Waals surface area contributed by atoms with Crippen molar-refractivity contribution in [1.29, 1.82) is 0 Å². The van der Waals surface area contributed by atoms with Gasteiger partial charge in [-0.05, 0) is 43.7 Å². The van der Waals surface area contributed by atoms with Crippen molar-refractivity contribution in [3.63, 3.8) is 0 Å². The van der Waals surface area contributed by atoms with E-state index in [0.717, 1.165) is 24.3 Å². The van der Waals surface area contributed by atoms with E-state index in [-0.39, 0.29) is 12.5 Å². The van der Waals surface area contributed by atoms with Crippen LogP contribution in [0.4, 0.5) is 11.5 Å². The summed E-state index contributed by atoms with van der Waals surface area (Å²) in [4.78, 5) is 18.7. The molecule has 0 radical (unpaired) electrons. The van der Waals surface area contributed by atoms with Crippen molar-refractivity contribution in [2.24, 2.45) is 0 Å². The normalized spacial score (nSPS) is 10.4. The second-order valence-corrected chi connectivity index (χ2v) is 6.55. The van der Waals surface area contributed by atoms with Crippen LogP contribution in [0, 0.1) is 6.92 Å². The second kappa shape index (κ2) is 9.55. The largest absolute Gasteiger partial charge is 0.484 e. The molecule has 3 aromatic rings. The topological polar surface area (TPSA) is 54.5 Å². The molecule has 0 unspecified atom stereocenters. The summed E-state index contributed by atoms with van der Waals surface area (Å²) in [5.41, 5.74) is 3.41. The molecule has 0 aliphatic rings. The number of aryl methyl sites for hydroxylation is 1. The van der Waals surface area contributed by atoms with Crippen molar-refractivity contribution >= 4 is 17.4 Å². The Morgan fingerprint density at radius 1 is 1.04 bits per heavy atom. The number of pyridine rings is 1. The number of benzene rings is 2. The van der Waals surface area contributed by atoms with Crippen molar-refractivity contribution in [2.75, 3.05) is 23.4 Å². The predicted molar refractivity (Wildman–Crippen MR) is 113 cm³/mol. The number of nitrogens with zero attached hydrogens (tertiary/aromatic N) is 2. The molecule has 3 rings (SSSR count). The predicted octanol–water partition coefficient (Wildman–Crippen LogP) is 4.43. The smallest absolute Gasteiger partial charge is 0.263 e. The Morgan fingerprint density at radius 2 is 1.79 bits per heavy atom. The highest BCUT2D eigenvalue weighted by Crippen LogP contribution is 2.18. The van der Waals surface area contributed by atoms with E-state index < -0.39 is 0 Å². The van der Waals surface area contributed by atoms with Crippen LogP contribution in [0.2, 0.25) is 0 Å². The van der Waals surface area contributed by atoms with E-state index in [2.05, 4.69) is 34.3 Å². The van der Waals surface area contributed by atoms with Crippen LogP contribution in [0.15, 0.2) is 72.9 Å². The Balaban J connectivity index is 1.54. The fraction of sp³-hybridized carbons (Fsp3) is 0.217. The number of hydrogen-bond donors (Lipinski definition) is 1. The molecule has 5 heteroatoms. The van der Waals surface area contributed by atoms with Gasteiger partial charge in [0.05, 0.1) is 11.9 Å². The molecule has 1 aromatic heterocycles. The highest BCUT2D eigenvalue weighted by atomic mass is 16.5. The minimum absolute atomic E-state index is 0.0540. The van der Waals surface area contributed by atoms with E-state index >= 15 is 0 Å². The highest BCUT2D eigenvalue weighted by Gasteiger charge is 2.08. The summed E-state index contributed by atoms with van der Waals surface area (Å²) in [6, 6.07) is 21.7. The molecule has 0 fully saturated rings. The molecule has 0 saturated carbocycles. The minimum Gasteiger partial charge on any atom is -0.484 e. The first-order chi connectivity index (χ1) is 13.6. The number of rotatable bonds is 8. The van der Waals surface area contributed by atoms with Gasteiger partial charge in [0.1, 0.15) is 11.6 Å². The fourth-order valence-corrected chi connectivity index (χ4v) is 2.80. The molecule has 1 amide bonds. The number of carbonyl (C=O) groups excluding carboxylic acids is 1. The van der Waals surface area contributed by atoms with Crippen LogP contribution in [0.25, 0.3) is 0 Å². The van der Waals surface area contributed by atoms with Crippen molar-refractivity contribution in [1.82, 2.24) is 4.98 Å². The Kier molecular flexibility index (Phi) is 6.63. The number of carbonyl (C=O) groups is 1. The van der Waals surface area contributed by atoms with Gasteiger partial charge in [0.2, 0.25) is 0 Å². The van der Waals surface area contributed by atoms with E-state index in [9.17, 15) is 4.79 Å². The van der Waals surface area contributed by atoms with Crippen LogP contribution in [-0.2, 0) is 11.3 Å². The van der Waals surface area contributed by atoms with Crippen molar-refractivity contribution in [2.45, 2.75) is 20.4 Å². The highest BCUT2D eigenvalue weighted by molar-refractivity contribution is 5.91. The van der Waals surface area contributed by atoms with E-state index in [0.29, 0.717) is 11.6 Å². The maximum absolute atomic E-state index is 12.1. The van der Waals surface area contributed by atoms with Crippen molar-refractivity contribution in [3.05, 3.63) is 84.1 Å². The van der Waals surface area contributed by atoms with Crippen LogP contribution < -0.4 is 15.0 Å². The van der Waals surface area contributed by atoms with Crippen LogP contribution in [0.3, 0.4) is 0 Å². The number of anilines is 2. The lowest BCUT2D eigenvalue weighted by Crippen LogP contribution is -2.23. The van der Waals surface area contributed by atoms with E-state index in [4.69, 9.17) is 4.74 Å². The molecule has 144 valence electrons. The summed E-state index contributed by atoms with van der Waals surface area (Å²) in [5.74, 6) is 0.943. The molecule has 0 saturated heterocycles. The van der Waals surface area contributed by atoms with Gasteiger partial charge in [-0.15, -0.1) is 0 Å². The van der Waals surface area contributed by atoms with Gasteiger partial charge in [-0.25, -0.2) is 4.98 Å². The summed E-state index contributed by atoms with van der Waals surface area (Å²) < 4.78 is 5.49. The van der Waals surface area contributed by atoms with E-state index in [1.807, 2.05) is 61.5 Å². The molecule has 0 aliphatic carbocycles. The maximum atomic E-state index is 12.1. The lowest BCUT2D eigenvalue weighted by atomic mass is 10.2. The first-order valence-corrected chi connectivity index (χ1v) is 9.38. The third-order valence-electron chi connectivity index (χ3n) is 4.37. The van der Waals surface area contributed by atoms with Gasteiger partial charge in [0, 0.05) is 13.1 Å². The molecular weight excluding hydrogens is 350 g/mol. The van der Waals surface area contributed by atoms with Gasteiger partial charge in [-0.1, -0.05) is 48.0 Å². The summed E-state index contributed by atoms with van der Waals surface area (Å²) in [6.07, 6.45) is 1.78. The quantitative estimate of drug-likeness (QED) is 0.633. The first kappa shape index (κ1) is 19.4. The number of hydrogen-bond acceptors (Lipinski definition) is 4. The van der Waals surface area contributed by atoms with Gasteiger partial charge < -0.3 is 15.0 Å². The number of aromatic nitrogens is 1. The van der Waals surface area contributed by atoms with Gasteiger partial charge in [-0.3, -0.25) is 4.79 Å². The van der Waals surface area contributed by atoms with Crippen LogP contribution in [0.5, 0.6) is 5.75 Å². The number of nitrogens with one attached hydrogen (secondary N) is 1. The zero-order valence-corrected chi connectivity index (χ0v) is 16.3. The molecule has 0 aliphatic heterocycles. The van der Waals surface area contributed by atoms with Crippen LogP contribution in [-0.4, -0.2) is 24.0 Å². The molecule has 5 nitrogen and oxygen atoms in total. The zero-order valence-electron chi connectivity index (χ0n) is 16.3. The van der Waals surface area contributed by atoms with Gasteiger partial charge >= 0.3 is 0 Å². The van der Waals surface area contributed by atoms with Gasteiger partial charge in [0.25, 0.3) is 5.91 Å². The minimum atomic E-state index is -0.238. The maximum Gasteiger partial charge on any atom is 0.263 e. The van der Waals surface area contributed by atoms with Crippen molar-refractivity contribution < 1.29 is 9.53 Å². The lowest BCUT2D eigenvalue weighted by Gasteiger charge is -2.23.